The van der Waals surface area contributed by atoms with Crippen LogP contribution in [0.1, 0.15) is 48.1 Å². The second-order valence-corrected chi connectivity index (χ2v) is 11.7. The van der Waals surface area contributed by atoms with Crippen LogP contribution in [0.2, 0.25) is 5.02 Å². The number of aromatic nitrogens is 4. The van der Waals surface area contributed by atoms with Crippen molar-refractivity contribution in [3.63, 3.8) is 0 Å². The number of hydrogen-bond acceptors (Lipinski definition) is 10. The predicted molar refractivity (Wildman–Crippen MR) is 167 cm³/mol. The first kappa shape index (κ1) is 29.6. The average molecular weight is 612 g/mol. The van der Waals surface area contributed by atoms with Crippen LogP contribution in [0.5, 0.6) is 5.75 Å². The van der Waals surface area contributed by atoms with Gasteiger partial charge in [-0.15, -0.1) is 5.10 Å². The molecule has 2 aliphatic rings. The Kier molecular flexibility index (Phi) is 8.80. The van der Waals surface area contributed by atoms with Crippen LogP contribution in [0.15, 0.2) is 42.6 Å². The Balaban J connectivity index is 1.24. The molecule has 1 N–H and O–H groups in total. The third-order valence-electron chi connectivity index (χ3n) is 8.22. The molecule has 0 bridgehead atoms. The number of ether oxygens (including phenoxy) is 2. The van der Waals surface area contributed by atoms with E-state index in [1.165, 1.54) is 10.7 Å². The number of nitrogens with one attached hydrogen (secondary N) is 1. The smallest absolute Gasteiger partial charge is 0.247 e. The standard InChI is InChI=1S/C32H34ClN9O2/c1-43-26-10-6-21(7-11-26)18-41(24-8-9-24)31-30-36-17-25(16-35)42(30)39-32(38-31)37-29-14-23(15-34)22(13-28(29)33)5-3-4-12-40-19-27(20-40)44-2/h6-7,10-11,13-14,17,24,27H,3-5,8-9,12,18-20H2,1-2H3,(H,37,39). The molecule has 1 aliphatic carbocycles. The Labute approximate surface area is 261 Å². The summed E-state index contributed by atoms with van der Waals surface area (Å²) in [6, 6.07) is 16.3. The van der Waals surface area contributed by atoms with Crippen LogP contribution in [0.3, 0.4) is 0 Å². The van der Waals surface area contributed by atoms with E-state index in [0.29, 0.717) is 52.1 Å². The Morgan fingerprint density at radius 2 is 1.89 bits per heavy atom. The molecule has 0 spiro atoms. The summed E-state index contributed by atoms with van der Waals surface area (Å²) in [5.41, 5.74) is 3.89. The Bertz CT molecular complexity index is 1720. The maximum atomic E-state index is 9.95. The van der Waals surface area contributed by atoms with Gasteiger partial charge in [0.05, 0.1) is 41.8 Å². The molecular weight excluding hydrogens is 578 g/mol. The molecule has 0 radical (unpaired) electrons. The first-order valence-electron chi connectivity index (χ1n) is 14.8. The zero-order valence-corrected chi connectivity index (χ0v) is 25.6. The van der Waals surface area contributed by atoms with Gasteiger partial charge in [-0.25, -0.2) is 4.98 Å². The lowest BCUT2D eigenvalue weighted by molar-refractivity contribution is -0.0296. The van der Waals surface area contributed by atoms with E-state index in [1.807, 2.05) is 30.3 Å². The quantitative estimate of drug-likeness (QED) is 0.204. The number of fused-ring (bicyclic) bond motifs is 1. The number of unbranched alkanes of at least 4 members (excludes halogenated alkanes) is 1. The van der Waals surface area contributed by atoms with Gasteiger partial charge >= 0.3 is 0 Å². The van der Waals surface area contributed by atoms with E-state index in [-0.39, 0.29) is 5.95 Å². The van der Waals surface area contributed by atoms with Gasteiger partial charge in [-0.2, -0.15) is 20.0 Å². The van der Waals surface area contributed by atoms with Gasteiger partial charge in [0.25, 0.3) is 0 Å². The molecule has 4 aromatic rings. The van der Waals surface area contributed by atoms with E-state index in [0.717, 1.165) is 68.6 Å². The molecule has 0 amide bonds. The number of nitriles is 2. The van der Waals surface area contributed by atoms with Gasteiger partial charge in [-0.05, 0) is 74.0 Å². The summed E-state index contributed by atoms with van der Waals surface area (Å²) < 4.78 is 12.2. The summed E-state index contributed by atoms with van der Waals surface area (Å²) >= 11 is 6.74. The molecule has 11 nitrogen and oxygen atoms in total. The zero-order valence-electron chi connectivity index (χ0n) is 24.8. The normalized spacial score (nSPS) is 15.0. The lowest BCUT2D eigenvalue weighted by Crippen LogP contribution is -2.51. The molecule has 1 saturated carbocycles. The largest absolute Gasteiger partial charge is 0.497 e. The highest BCUT2D eigenvalue weighted by Gasteiger charge is 2.33. The van der Waals surface area contributed by atoms with E-state index < -0.39 is 0 Å². The van der Waals surface area contributed by atoms with Crippen molar-refractivity contribution >= 4 is 34.7 Å². The number of anilines is 3. The number of rotatable bonds is 13. The number of methoxy groups -OCH3 is 2. The van der Waals surface area contributed by atoms with Crippen LogP contribution in [0.4, 0.5) is 17.5 Å². The molecule has 2 fully saturated rings. The van der Waals surface area contributed by atoms with E-state index in [2.05, 4.69) is 37.3 Å². The highest BCUT2D eigenvalue weighted by Crippen LogP contribution is 2.36. The highest BCUT2D eigenvalue weighted by molar-refractivity contribution is 6.33. The van der Waals surface area contributed by atoms with Crippen molar-refractivity contribution < 1.29 is 9.47 Å². The summed E-state index contributed by atoms with van der Waals surface area (Å²) in [5.74, 6) is 1.67. The topological polar surface area (TPSA) is 128 Å². The Hall–Kier alpha value is -4.42. The molecule has 3 heterocycles. The maximum absolute atomic E-state index is 9.95. The first-order chi connectivity index (χ1) is 21.5. The number of halogens is 1. The molecule has 2 aromatic heterocycles. The molecule has 0 atom stereocenters. The van der Waals surface area contributed by atoms with Gasteiger partial charge in [0.15, 0.2) is 17.2 Å². The maximum Gasteiger partial charge on any atom is 0.247 e. The first-order valence-corrected chi connectivity index (χ1v) is 15.2. The van der Waals surface area contributed by atoms with Crippen LogP contribution in [-0.2, 0) is 17.7 Å². The average Bonchev–Trinajstić information content (AvgIpc) is 3.78. The highest BCUT2D eigenvalue weighted by atomic mass is 35.5. The van der Waals surface area contributed by atoms with Crippen molar-refractivity contribution in [3.05, 3.63) is 70.0 Å². The molecule has 44 heavy (non-hydrogen) atoms. The fourth-order valence-corrected chi connectivity index (χ4v) is 5.76. The van der Waals surface area contributed by atoms with Crippen LogP contribution in [0.25, 0.3) is 5.65 Å². The third-order valence-corrected chi connectivity index (χ3v) is 8.53. The van der Waals surface area contributed by atoms with Crippen molar-refractivity contribution in [2.24, 2.45) is 0 Å². The third kappa shape index (κ3) is 6.41. The summed E-state index contributed by atoms with van der Waals surface area (Å²) in [5, 5.41) is 28.0. The number of nitrogens with zero attached hydrogens (tertiary/aromatic N) is 8. The van der Waals surface area contributed by atoms with Crippen LogP contribution in [-0.4, -0.2) is 70.5 Å². The van der Waals surface area contributed by atoms with Gasteiger partial charge in [0.2, 0.25) is 5.95 Å². The predicted octanol–water partition coefficient (Wildman–Crippen LogP) is 5.10. The fourth-order valence-electron chi connectivity index (χ4n) is 5.53. The number of likely N-dealkylation sites (tertiary alicyclic amines) is 1. The van der Waals surface area contributed by atoms with Gasteiger partial charge in [0.1, 0.15) is 11.8 Å². The van der Waals surface area contributed by atoms with E-state index >= 15 is 0 Å². The molecule has 6 rings (SSSR count). The van der Waals surface area contributed by atoms with Crippen LogP contribution < -0.4 is 15.0 Å². The van der Waals surface area contributed by atoms with Crippen molar-refractivity contribution in [2.75, 3.05) is 44.1 Å². The second-order valence-electron chi connectivity index (χ2n) is 11.3. The summed E-state index contributed by atoms with van der Waals surface area (Å²) in [7, 11) is 3.40. The van der Waals surface area contributed by atoms with Crippen LogP contribution in [0, 0.1) is 22.7 Å². The molecule has 1 aliphatic heterocycles. The number of hydrogen-bond donors (Lipinski definition) is 1. The second kappa shape index (κ2) is 13.1. The van der Waals surface area contributed by atoms with Crippen molar-refractivity contribution in [2.45, 2.75) is 50.8 Å². The van der Waals surface area contributed by atoms with Gasteiger partial charge in [0, 0.05) is 32.8 Å². The van der Waals surface area contributed by atoms with E-state index in [1.54, 1.807) is 20.3 Å². The fraction of sp³-hybridized carbons (Fsp3) is 0.406. The monoisotopic (exact) mass is 611 g/mol. The summed E-state index contributed by atoms with van der Waals surface area (Å²) in [6.45, 7) is 3.59. The van der Waals surface area contributed by atoms with Crippen molar-refractivity contribution in [1.29, 1.82) is 10.5 Å². The number of aryl methyl sites for hydroxylation is 1. The van der Waals surface area contributed by atoms with Crippen molar-refractivity contribution in [1.82, 2.24) is 24.5 Å². The summed E-state index contributed by atoms with van der Waals surface area (Å²) in [6.07, 6.45) is 6.68. The minimum absolute atomic E-state index is 0.254. The molecule has 1 saturated heterocycles. The molecule has 0 unspecified atom stereocenters. The molecule has 2 aromatic carbocycles. The number of benzene rings is 2. The Morgan fingerprint density at radius 1 is 1.09 bits per heavy atom. The van der Waals surface area contributed by atoms with Gasteiger partial charge in [-0.3, -0.25) is 4.90 Å². The Morgan fingerprint density at radius 3 is 2.57 bits per heavy atom. The number of imidazole rings is 1. The molecular formula is C32H34ClN9O2. The molecule has 12 heteroatoms. The zero-order chi connectivity index (χ0) is 30.6. The van der Waals surface area contributed by atoms with Gasteiger partial charge < -0.3 is 19.7 Å². The lowest BCUT2D eigenvalue weighted by atomic mass is 10.0. The minimum Gasteiger partial charge on any atom is -0.497 e. The SMILES string of the molecule is COc1ccc(CN(c2nc(Nc3cc(C#N)c(CCCCN4CC(OC)C4)cc3Cl)nn3c(C#N)cnc23)C2CC2)cc1. The van der Waals surface area contributed by atoms with E-state index in [4.69, 9.17) is 26.1 Å². The van der Waals surface area contributed by atoms with Crippen LogP contribution >= 0.6 is 11.6 Å². The van der Waals surface area contributed by atoms with E-state index in [9.17, 15) is 10.5 Å². The summed E-state index contributed by atoms with van der Waals surface area (Å²) in [4.78, 5) is 14.0. The molecule has 226 valence electrons. The van der Waals surface area contributed by atoms with Crippen molar-refractivity contribution in [3.8, 4) is 17.9 Å². The van der Waals surface area contributed by atoms with Gasteiger partial charge in [-0.1, -0.05) is 23.7 Å². The minimum atomic E-state index is 0.254. The lowest BCUT2D eigenvalue weighted by Gasteiger charge is -2.38.